The van der Waals surface area contributed by atoms with E-state index in [0.717, 1.165) is 51.4 Å². The standard InChI is InChI=1S/C24H33Br2NO4/c1-14(28)30-16-7-9-22(3)18-8-10-23(13-27-4)19(5-6-21(23)31-15(2)29)17(18)11-20(25)24(22,26)12-16/h16-21H,5-13H2,1-3H3/t16-,17?,18?,19?,20?,21-,22+,23+,24?/m0/s1. The minimum Gasteiger partial charge on any atom is -0.463 e. The van der Waals surface area contributed by atoms with Gasteiger partial charge in [-0.2, -0.15) is 0 Å². The quantitative estimate of drug-likeness (QED) is 0.254. The van der Waals surface area contributed by atoms with Gasteiger partial charge in [0.2, 0.25) is 6.54 Å². The number of rotatable bonds is 3. The van der Waals surface area contributed by atoms with Crippen LogP contribution in [-0.4, -0.2) is 39.8 Å². The summed E-state index contributed by atoms with van der Waals surface area (Å²) in [6.07, 6.45) is 7.57. The minimum atomic E-state index is -0.227. The number of ether oxygens (including phenoxy) is 2. The molecule has 0 aromatic heterocycles. The third kappa shape index (κ3) is 3.59. The Balaban J connectivity index is 1.64. The Labute approximate surface area is 202 Å². The van der Waals surface area contributed by atoms with Crippen molar-refractivity contribution in [3.05, 3.63) is 11.4 Å². The number of hydrogen-bond donors (Lipinski definition) is 0. The van der Waals surface area contributed by atoms with E-state index in [1.807, 2.05) is 0 Å². The zero-order valence-corrected chi connectivity index (χ0v) is 21.8. The first-order chi connectivity index (χ1) is 14.6. The monoisotopic (exact) mass is 557 g/mol. The van der Waals surface area contributed by atoms with Crippen LogP contribution < -0.4 is 0 Å². The van der Waals surface area contributed by atoms with Crippen LogP contribution in [0.5, 0.6) is 0 Å². The van der Waals surface area contributed by atoms with Crippen LogP contribution in [0.4, 0.5) is 0 Å². The Bertz CT molecular complexity index is 799. The van der Waals surface area contributed by atoms with Gasteiger partial charge in [-0.15, -0.1) is 0 Å². The van der Waals surface area contributed by atoms with E-state index < -0.39 is 0 Å². The van der Waals surface area contributed by atoms with Crippen molar-refractivity contribution < 1.29 is 19.1 Å². The molecule has 4 saturated carbocycles. The van der Waals surface area contributed by atoms with E-state index in [1.165, 1.54) is 13.8 Å². The van der Waals surface area contributed by atoms with Crippen LogP contribution in [-0.2, 0) is 19.1 Å². The van der Waals surface area contributed by atoms with Gasteiger partial charge in [-0.3, -0.25) is 9.59 Å². The van der Waals surface area contributed by atoms with Gasteiger partial charge in [-0.1, -0.05) is 38.8 Å². The molecule has 0 N–H and O–H groups in total. The predicted octanol–water partition coefficient (Wildman–Crippen LogP) is 5.68. The highest BCUT2D eigenvalue weighted by Crippen LogP contribution is 2.70. The number of carbonyl (C=O) groups excluding carboxylic acids is 2. The molecule has 9 atom stereocenters. The van der Waals surface area contributed by atoms with Crippen LogP contribution in [0.15, 0.2) is 0 Å². The topological polar surface area (TPSA) is 57.0 Å². The molecule has 4 fully saturated rings. The van der Waals surface area contributed by atoms with E-state index in [0.29, 0.717) is 24.3 Å². The van der Waals surface area contributed by atoms with Gasteiger partial charge in [0.1, 0.15) is 12.2 Å². The molecule has 5 nitrogen and oxygen atoms in total. The lowest BCUT2D eigenvalue weighted by molar-refractivity contribution is -0.163. The molecule has 0 aromatic carbocycles. The summed E-state index contributed by atoms with van der Waals surface area (Å²) in [6.45, 7) is 13.5. The number of carbonyl (C=O) groups is 2. The fraction of sp³-hybridized carbons (Fsp3) is 0.875. The minimum absolute atomic E-state index is 0.0360. The molecule has 4 aliphatic rings. The molecule has 0 saturated heterocycles. The number of fused-ring (bicyclic) bond motifs is 5. The largest absolute Gasteiger partial charge is 0.463 e. The molecule has 0 spiro atoms. The summed E-state index contributed by atoms with van der Waals surface area (Å²) < 4.78 is 11.3. The average molecular weight is 559 g/mol. The summed E-state index contributed by atoms with van der Waals surface area (Å²) in [7, 11) is 0. The van der Waals surface area contributed by atoms with E-state index in [2.05, 4.69) is 43.6 Å². The highest BCUT2D eigenvalue weighted by molar-refractivity contribution is 9.12. The molecule has 0 radical (unpaired) electrons. The Kier molecular flexibility index (Phi) is 6.31. The van der Waals surface area contributed by atoms with Crippen molar-refractivity contribution in [3.8, 4) is 0 Å². The van der Waals surface area contributed by atoms with Gasteiger partial charge < -0.3 is 14.3 Å². The lowest BCUT2D eigenvalue weighted by Gasteiger charge is -2.65. The summed E-state index contributed by atoms with van der Waals surface area (Å²) in [6, 6.07) is 0. The first-order valence-corrected chi connectivity index (χ1v) is 13.3. The maximum absolute atomic E-state index is 11.8. The third-order valence-electron chi connectivity index (χ3n) is 9.34. The Hall–Kier alpha value is -0.610. The van der Waals surface area contributed by atoms with Crippen LogP contribution in [0, 0.1) is 35.2 Å². The Morgan fingerprint density at radius 3 is 2.42 bits per heavy atom. The second-order valence-electron chi connectivity index (χ2n) is 10.6. The summed E-state index contributed by atoms with van der Waals surface area (Å²) >= 11 is 8.24. The Morgan fingerprint density at radius 2 is 1.77 bits per heavy atom. The summed E-state index contributed by atoms with van der Waals surface area (Å²) in [5.41, 5.74) is -0.108. The fourth-order valence-corrected chi connectivity index (χ4v) is 10.2. The van der Waals surface area contributed by atoms with Crippen molar-refractivity contribution >= 4 is 43.8 Å². The maximum atomic E-state index is 11.8. The number of esters is 2. The SMILES string of the molecule is [C-]#[N+]C[C@]12CCC3C(CC(Br)C4(Br)C[C@@H](OC(C)=O)CC[C@]34C)C1CC[C@@H]2OC(C)=O. The van der Waals surface area contributed by atoms with Crippen molar-refractivity contribution in [3.63, 3.8) is 0 Å². The summed E-state index contributed by atoms with van der Waals surface area (Å²) in [5.74, 6) is 1.06. The van der Waals surface area contributed by atoms with Gasteiger partial charge >= 0.3 is 11.9 Å². The molecule has 31 heavy (non-hydrogen) atoms. The van der Waals surface area contributed by atoms with Crippen molar-refractivity contribution in [2.45, 2.75) is 93.5 Å². The van der Waals surface area contributed by atoms with Crippen molar-refractivity contribution in [1.82, 2.24) is 0 Å². The van der Waals surface area contributed by atoms with Crippen LogP contribution in [0.25, 0.3) is 4.85 Å². The van der Waals surface area contributed by atoms with Gasteiger partial charge in [-0.25, -0.2) is 6.57 Å². The van der Waals surface area contributed by atoms with Crippen LogP contribution in [0.1, 0.15) is 72.1 Å². The fourth-order valence-electron chi connectivity index (χ4n) is 8.07. The average Bonchev–Trinajstić information content (AvgIpc) is 3.02. The normalized spacial score (nSPS) is 48.5. The molecule has 0 aromatic rings. The molecule has 5 unspecified atom stereocenters. The number of hydrogen-bond acceptors (Lipinski definition) is 4. The zero-order chi connectivity index (χ0) is 22.6. The Morgan fingerprint density at radius 1 is 1.06 bits per heavy atom. The summed E-state index contributed by atoms with van der Waals surface area (Å²) in [4.78, 5) is 27.5. The van der Waals surface area contributed by atoms with Crippen molar-refractivity contribution in [2.75, 3.05) is 6.54 Å². The number of alkyl halides is 2. The van der Waals surface area contributed by atoms with E-state index >= 15 is 0 Å². The number of nitrogens with zero attached hydrogens (tertiary/aromatic N) is 1. The maximum Gasteiger partial charge on any atom is 0.302 e. The van der Waals surface area contributed by atoms with E-state index in [4.69, 9.17) is 16.0 Å². The second-order valence-corrected chi connectivity index (χ2v) is 13.1. The smallest absolute Gasteiger partial charge is 0.302 e. The van der Waals surface area contributed by atoms with Gasteiger partial charge in [0.25, 0.3) is 0 Å². The molecule has 4 rings (SSSR count). The third-order valence-corrected chi connectivity index (χ3v) is 12.9. The first-order valence-electron chi connectivity index (χ1n) is 11.6. The molecule has 0 bridgehead atoms. The first kappa shape index (κ1) is 23.5. The lowest BCUT2D eigenvalue weighted by atomic mass is 9.44. The molecule has 0 aliphatic heterocycles. The molecule has 0 amide bonds. The van der Waals surface area contributed by atoms with E-state index in [9.17, 15) is 9.59 Å². The zero-order valence-electron chi connectivity index (χ0n) is 18.7. The van der Waals surface area contributed by atoms with E-state index in [1.54, 1.807) is 0 Å². The van der Waals surface area contributed by atoms with Gasteiger partial charge in [-0.05, 0) is 68.1 Å². The van der Waals surface area contributed by atoms with Crippen LogP contribution in [0.3, 0.4) is 0 Å². The molecule has 4 aliphatic carbocycles. The van der Waals surface area contributed by atoms with Crippen molar-refractivity contribution in [2.24, 2.45) is 28.6 Å². The second kappa shape index (κ2) is 8.31. The van der Waals surface area contributed by atoms with Crippen LogP contribution in [0.2, 0.25) is 0 Å². The highest BCUT2D eigenvalue weighted by atomic mass is 79.9. The molecular formula is C24H33Br2NO4. The predicted molar refractivity (Wildman–Crippen MR) is 125 cm³/mol. The van der Waals surface area contributed by atoms with Crippen LogP contribution >= 0.6 is 31.9 Å². The molecule has 7 heteroatoms. The van der Waals surface area contributed by atoms with Crippen molar-refractivity contribution in [1.29, 1.82) is 0 Å². The number of halogens is 2. The lowest BCUT2D eigenvalue weighted by Crippen LogP contribution is -2.65. The van der Waals surface area contributed by atoms with Gasteiger partial charge in [0.05, 0.1) is 5.41 Å². The molecular weight excluding hydrogens is 526 g/mol. The highest BCUT2D eigenvalue weighted by Gasteiger charge is 2.69. The summed E-state index contributed by atoms with van der Waals surface area (Å²) in [5, 5.41) is 0. The van der Waals surface area contributed by atoms with E-state index in [-0.39, 0.29) is 44.1 Å². The van der Waals surface area contributed by atoms with Gasteiger partial charge in [0.15, 0.2) is 0 Å². The molecule has 172 valence electrons. The molecule has 0 heterocycles. The van der Waals surface area contributed by atoms with Gasteiger partial charge in [0, 0.05) is 29.4 Å².